The number of amides is 1. The molecule has 30 heavy (non-hydrogen) atoms. The molecule has 159 valence electrons. The van der Waals surface area contributed by atoms with Crippen LogP contribution in [0.25, 0.3) is 0 Å². The van der Waals surface area contributed by atoms with Gasteiger partial charge < -0.3 is 0 Å². The third kappa shape index (κ3) is 2.40. The van der Waals surface area contributed by atoms with Gasteiger partial charge in [-0.3, -0.25) is 0 Å². The Hall–Kier alpha value is -1.29. The topological polar surface area (TPSA) is 40.9 Å². The molecule has 5 unspecified atom stereocenters. The fourth-order valence-electron chi connectivity index (χ4n) is 8.96. The number of hydrogen-bond donors (Lipinski definition) is 0. The summed E-state index contributed by atoms with van der Waals surface area (Å²) in [6.45, 7) is 9.30. The van der Waals surface area contributed by atoms with Crippen LogP contribution in [-0.2, 0) is 4.79 Å². The molecule has 5 aliphatic rings. The molecule has 6 rings (SSSR count). The molecule has 0 aliphatic heterocycles. The van der Waals surface area contributed by atoms with Gasteiger partial charge in [-0.15, -0.1) is 0 Å². The Labute approximate surface area is 186 Å². The fourth-order valence-corrected chi connectivity index (χ4v) is 18.3. The first-order valence-corrected chi connectivity index (χ1v) is 16.8. The zero-order valence-electron chi connectivity index (χ0n) is 19.2. The van der Waals surface area contributed by atoms with E-state index in [-0.39, 0.29) is 10.2 Å². The second kappa shape index (κ2) is 6.85. The third-order valence-electron chi connectivity index (χ3n) is 10.1. The number of rotatable bonds is 4. The summed E-state index contributed by atoms with van der Waals surface area (Å²) in [6, 6.07) is 11.2. The first kappa shape index (κ1) is 20.6. The van der Waals surface area contributed by atoms with Gasteiger partial charge in [-0.25, -0.2) is 0 Å². The molecule has 0 heterocycles. The predicted molar refractivity (Wildman–Crippen MR) is 126 cm³/mol. The Morgan fingerprint density at radius 2 is 1.60 bits per heavy atom. The van der Waals surface area contributed by atoms with Gasteiger partial charge in [0.15, 0.2) is 0 Å². The summed E-state index contributed by atoms with van der Waals surface area (Å²) >= 11 is -2.24. The van der Waals surface area contributed by atoms with Crippen molar-refractivity contribution >= 4 is 24.7 Å². The van der Waals surface area contributed by atoms with Crippen molar-refractivity contribution in [3.05, 3.63) is 52.6 Å². The number of nitrogens with one attached hydrogen (secondary N) is 1. The van der Waals surface area contributed by atoms with Crippen LogP contribution in [0.4, 0.5) is 0 Å². The van der Waals surface area contributed by atoms with E-state index in [1.807, 2.05) is 0 Å². The van der Waals surface area contributed by atoms with E-state index in [4.69, 9.17) is 5.73 Å². The van der Waals surface area contributed by atoms with Crippen LogP contribution in [0.15, 0.2) is 52.6 Å². The average molecular weight is 463 g/mol. The molecule has 1 N–H and O–H groups in total. The predicted octanol–water partition coefficient (Wildman–Crippen LogP) is 5.43. The number of allylic oxidation sites excluding steroid dienone is 4. The maximum absolute atomic E-state index is 13.4. The fraction of sp³-hybridized carbons (Fsp3) is 0.593. The summed E-state index contributed by atoms with van der Waals surface area (Å²) in [5.41, 5.74) is 14.3. The molecule has 5 atom stereocenters. The number of carbonyl (C=O) groups is 1. The summed E-state index contributed by atoms with van der Waals surface area (Å²) < 4.78 is 1.48. The first-order valence-electron chi connectivity index (χ1n) is 11.9. The summed E-state index contributed by atoms with van der Waals surface area (Å²) in [5.74, 6) is 4.68. The number of benzene rings is 1. The monoisotopic (exact) mass is 464 g/mol. The molecule has 4 bridgehead atoms. The molecule has 3 heteroatoms. The minimum absolute atomic E-state index is 0.0455. The SMILES string of the molecule is CC1=C(C)C(C)C([C]2([GeH]([CH3])[c]3ccccc3)C3CC4CC(C3)CC2(C([NH])=O)C4)=C1C. The van der Waals surface area contributed by atoms with Crippen LogP contribution >= 0.6 is 0 Å². The Kier molecular flexibility index (Phi) is 4.71. The van der Waals surface area contributed by atoms with E-state index in [1.165, 1.54) is 40.4 Å². The molecular weight excluding hydrogens is 427 g/mol. The zero-order valence-corrected chi connectivity index (χ0v) is 21.6. The number of hydrogen-bond acceptors (Lipinski definition) is 1. The molecule has 1 amide bonds. The minimum atomic E-state index is -2.24. The molecule has 4 fully saturated rings. The van der Waals surface area contributed by atoms with Gasteiger partial charge in [-0.1, -0.05) is 0 Å². The van der Waals surface area contributed by atoms with Gasteiger partial charge in [0, 0.05) is 0 Å². The van der Waals surface area contributed by atoms with Crippen molar-refractivity contribution in [2.75, 3.05) is 0 Å². The summed E-state index contributed by atoms with van der Waals surface area (Å²) in [6.07, 6.45) is 5.84. The van der Waals surface area contributed by atoms with Crippen LogP contribution in [0.5, 0.6) is 0 Å². The van der Waals surface area contributed by atoms with E-state index in [1.54, 1.807) is 5.57 Å². The van der Waals surface area contributed by atoms with E-state index < -0.39 is 19.8 Å². The molecule has 4 saturated carbocycles. The van der Waals surface area contributed by atoms with E-state index in [0.717, 1.165) is 12.8 Å². The van der Waals surface area contributed by atoms with Crippen molar-refractivity contribution in [1.82, 2.24) is 5.73 Å². The van der Waals surface area contributed by atoms with Crippen molar-refractivity contribution < 1.29 is 4.79 Å². The molecule has 5 aliphatic carbocycles. The van der Waals surface area contributed by atoms with Crippen molar-refractivity contribution in [1.29, 1.82) is 0 Å². The second-order valence-corrected chi connectivity index (χ2v) is 17.4. The molecule has 1 aromatic rings. The first-order chi connectivity index (χ1) is 14.2. The Bertz CT molecular complexity index is 946. The summed E-state index contributed by atoms with van der Waals surface area (Å²) in [4.78, 5) is 13.4. The van der Waals surface area contributed by atoms with Gasteiger partial charge in [0.05, 0.1) is 0 Å². The van der Waals surface area contributed by atoms with E-state index >= 15 is 0 Å². The van der Waals surface area contributed by atoms with Crippen LogP contribution in [0.3, 0.4) is 0 Å². The van der Waals surface area contributed by atoms with Crippen LogP contribution in [0.2, 0.25) is 10.0 Å². The van der Waals surface area contributed by atoms with Crippen LogP contribution in [-0.4, -0.2) is 20.3 Å². The molecule has 2 nitrogen and oxygen atoms in total. The quantitative estimate of drug-likeness (QED) is 0.550. The molecular formula is C27H36GeNO. The molecule has 1 aromatic carbocycles. The summed E-state index contributed by atoms with van der Waals surface area (Å²) in [5, 5.41) is 0. The third-order valence-corrected chi connectivity index (χ3v) is 18.7. The second-order valence-electron chi connectivity index (χ2n) is 11.0. The van der Waals surface area contributed by atoms with Crippen LogP contribution < -0.4 is 10.1 Å². The standard InChI is InChI=1S/C27H36GeNO/c1-16-17(2)19(4)24(18(16)3)27(28(5)23-9-7-6-8-10-23)22-12-20-11-21(13-22)15-26(27,14-20)25(29)30/h6-10,18,20-22,28-29H,11-15H2,1-5H3. The Morgan fingerprint density at radius 3 is 2.10 bits per heavy atom. The van der Waals surface area contributed by atoms with Crippen molar-refractivity contribution in [3.8, 4) is 0 Å². The van der Waals surface area contributed by atoms with Crippen LogP contribution in [0, 0.1) is 29.1 Å². The normalized spacial score (nSPS) is 41.0. The van der Waals surface area contributed by atoms with Gasteiger partial charge in [-0.05, 0) is 0 Å². The van der Waals surface area contributed by atoms with E-state index in [0.29, 0.717) is 23.7 Å². The van der Waals surface area contributed by atoms with Gasteiger partial charge in [-0.2, -0.15) is 0 Å². The molecule has 1 radical (unpaired) electrons. The van der Waals surface area contributed by atoms with Crippen LogP contribution in [0.1, 0.15) is 59.8 Å². The molecule has 0 aromatic heterocycles. The molecule has 0 saturated heterocycles. The Morgan fingerprint density at radius 1 is 1.00 bits per heavy atom. The van der Waals surface area contributed by atoms with Gasteiger partial charge in [0.25, 0.3) is 0 Å². The Balaban J connectivity index is 1.82. The van der Waals surface area contributed by atoms with Gasteiger partial charge in [0.1, 0.15) is 0 Å². The van der Waals surface area contributed by atoms with Crippen molar-refractivity contribution in [2.45, 2.75) is 69.8 Å². The van der Waals surface area contributed by atoms with E-state index in [9.17, 15) is 4.79 Å². The average Bonchev–Trinajstić information content (AvgIpc) is 2.91. The number of carbonyl (C=O) groups excluding carboxylic acids is 1. The van der Waals surface area contributed by atoms with Gasteiger partial charge >= 0.3 is 187 Å². The van der Waals surface area contributed by atoms with Crippen molar-refractivity contribution in [3.63, 3.8) is 0 Å². The van der Waals surface area contributed by atoms with Crippen molar-refractivity contribution in [2.24, 2.45) is 29.1 Å². The summed E-state index contributed by atoms with van der Waals surface area (Å²) in [7, 11) is 0. The molecule has 0 spiro atoms. The van der Waals surface area contributed by atoms with Gasteiger partial charge in [0.2, 0.25) is 0 Å². The maximum atomic E-state index is 13.4. The van der Waals surface area contributed by atoms with E-state index in [2.05, 4.69) is 63.8 Å². The zero-order chi connectivity index (χ0) is 21.4.